The summed E-state index contributed by atoms with van der Waals surface area (Å²) in [6.45, 7) is 4.27. The van der Waals surface area contributed by atoms with Crippen molar-refractivity contribution >= 4 is 17.5 Å². The van der Waals surface area contributed by atoms with E-state index < -0.39 is 0 Å². The van der Waals surface area contributed by atoms with Crippen molar-refractivity contribution in [1.29, 1.82) is 0 Å². The molecule has 4 rings (SSSR count). The van der Waals surface area contributed by atoms with Crippen LogP contribution in [-0.2, 0) is 6.42 Å². The molecule has 0 amide bonds. The third kappa shape index (κ3) is 3.52. The molecule has 1 heterocycles. The number of rotatable bonds is 4. The summed E-state index contributed by atoms with van der Waals surface area (Å²) in [5.41, 5.74) is 7.28. The standard InChI is InChI=1S/C22H21N3.CH4/c1-15-8-10-18(11-9-15)19-12-20-21(13-19)23-14-24-22(20)25-16(2)17-6-4-3-5-7-17;/h3-12,14,16H,13H2,1-2H3,(H,23,24,25);1H4/t16-;/m1./s1. The van der Waals surface area contributed by atoms with Crippen LogP contribution in [0, 0.1) is 6.92 Å². The maximum atomic E-state index is 4.49. The van der Waals surface area contributed by atoms with Gasteiger partial charge in [0.1, 0.15) is 12.1 Å². The summed E-state index contributed by atoms with van der Waals surface area (Å²) in [4.78, 5) is 8.98. The van der Waals surface area contributed by atoms with Gasteiger partial charge in [-0.1, -0.05) is 67.6 Å². The van der Waals surface area contributed by atoms with E-state index in [-0.39, 0.29) is 13.5 Å². The highest BCUT2D eigenvalue weighted by atomic mass is 15.0. The minimum atomic E-state index is 0. The van der Waals surface area contributed by atoms with Gasteiger partial charge in [0.25, 0.3) is 0 Å². The monoisotopic (exact) mass is 343 g/mol. The summed E-state index contributed by atoms with van der Waals surface area (Å²) in [5, 5.41) is 3.54. The van der Waals surface area contributed by atoms with Crippen LogP contribution in [0.4, 0.5) is 5.82 Å². The van der Waals surface area contributed by atoms with Crippen LogP contribution < -0.4 is 5.32 Å². The van der Waals surface area contributed by atoms with E-state index in [2.05, 4.69) is 83.7 Å². The Bertz CT molecular complexity index is 912. The van der Waals surface area contributed by atoms with Gasteiger partial charge in [-0.15, -0.1) is 0 Å². The molecule has 2 aromatic carbocycles. The number of fused-ring (bicyclic) bond motifs is 1. The summed E-state index contributed by atoms with van der Waals surface area (Å²) < 4.78 is 0. The normalized spacial score (nSPS) is 13.4. The van der Waals surface area contributed by atoms with E-state index in [0.717, 1.165) is 23.5 Å². The van der Waals surface area contributed by atoms with Crippen LogP contribution in [0.1, 0.15) is 48.3 Å². The van der Waals surface area contributed by atoms with Crippen molar-refractivity contribution in [3.05, 3.63) is 88.9 Å². The van der Waals surface area contributed by atoms with Crippen LogP contribution in [0.15, 0.2) is 60.9 Å². The largest absolute Gasteiger partial charge is 0.363 e. The third-order valence-electron chi connectivity index (χ3n) is 4.72. The molecule has 1 N–H and O–H groups in total. The van der Waals surface area contributed by atoms with Crippen molar-refractivity contribution in [3.63, 3.8) is 0 Å². The second kappa shape index (κ2) is 7.52. The van der Waals surface area contributed by atoms with Crippen LogP contribution in [-0.4, -0.2) is 9.97 Å². The molecule has 3 nitrogen and oxygen atoms in total. The zero-order chi connectivity index (χ0) is 17.2. The molecule has 26 heavy (non-hydrogen) atoms. The highest BCUT2D eigenvalue weighted by Gasteiger charge is 2.20. The first-order valence-corrected chi connectivity index (χ1v) is 8.63. The average Bonchev–Trinajstić information content (AvgIpc) is 3.08. The van der Waals surface area contributed by atoms with E-state index >= 15 is 0 Å². The van der Waals surface area contributed by atoms with Crippen LogP contribution >= 0.6 is 0 Å². The van der Waals surface area contributed by atoms with Gasteiger partial charge >= 0.3 is 0 Å². The first-order chi connectivity index (χ1) is 12.2. The lowest BCUT2D eigenvalue weighted by molar-refractivity contribution is 0.868. The fourth-order valence-electron chi connectivity index (χ4n) is 3.23. The number of nitrogens with one attached hydrogen (secondary N) is 1. The SMILES string of the molecule is C.Cc1ccc(C2=Cc3c(ncnc3N[C@H](C)c3ccccc3)C2)cc1. The maximum absolute atomic E-state index is 4.49. The van der Waals surface area contributed by atoms with Crippen LogP contribution in [0.5, 0.6) is 0 Å². The van der Waals surface area contributed by atoms with Gasteiger partial charge in [0, 0.05) is 18.0 Å². The van der Waals surface area contributed by atoms with Gasteiger partial charge < -0.3 is 5.32 Å². The van der Waals surface area contributed by atoms with E-state index in [1.165, 1.54) is 22.3 Å². The fraction of sp³-hybridized carbons (Fsp3) is 0.217. The lowest BCUT2D eigenvalue weighted by Gasteiger charge is -2.16. The molecule has 3 heteroatoms. The van der Waals surface area contributed by atoms with Gasteiger partial charge in [0.15, 0.2) is 0 Å². The molecule has 1 aromatic heterocycles. The maximum Gasteiger partial charge on any atom is 0.137 e. The Morgan fingerprint density at radius 2 is 1.69 bits per heavy atom. The van der Waals surface area contributed by atoms with E-state index in [1.54, 1.807) is 6.33 Å². The van der Waals surface area contributed by atoms with Gasteiger partial charge in [-0.05, 0) is 36.6 Å². The molecular formula is C23H25N3. The van der Waals surface area contributed by atoms with Crippen LogP contribution in [0.3, 0.4) is 0 Å². The predicted octanol–water partition coefficient (Wildman–Crippen LogP) is 5.69. The molecular weight excluding hydrogens is 318 g/mol. The Kier molecular flexibility index (Phi) is 5.17. The highest BCUT2D eigenvalue weighted by Crippen LogP contribution is 2.34. The molecule has 132 valence electrons. The number of hydrogen-bond donors (Lipinski definition) is 1. The summed E-state index contributed by atoms with van der Waals surface area (Å²) in [6.07, 6.45) is 4.74. The lowest BCUT2D eigenvalue weighted by atomic mass is 10.0. The minimum absolute atomic E-state index is 0. The van der Waals surface area contributed by atoms with Crippen molar-refractivity contribution in [1.82, 2.24) is 9.97 Å². The number of hydrogen-bond acceptors (Lipinski definition) is 3. The van der Waals surface area contributed by atoms with Gasteiger partial charge in [-0.2, -0.15) is 0 Å². The third-order valence-corrected chi connectivity index (χ3v) is 4.72. The molecule has 1 aliphatic carbocycles. The van der Waals surface area contributed by atoms with Crippen molar-refractivity contribution in [3.8, 4) is 0 Å². The Morgan fingerprint density at radius 1 is 0.962 bits per heavy atom. The summed E-state index contributed by atoms with van der Waals surface area (Å²) in [6, 6.07) is 19.3. The Balaban J connectivity index is 0.00000196. The van der Waals surface area contributed by atoms with Gasteiger partial charge in [-0.3, -0.25) is 0 Å². The fourth-order valence-corrected chi connectivity index (χ4v) is 3.23. The van der Waals surface area contributed by atoms with E-state index in [4.69, 9.17) is 0 Å². The Morgan fingerprint density at radius 3 is 2.42 bits per heavy atom. The zero-order valence-corrected chi connectivity index (χ0v) is 14.5. The molecule has 0 bridgehead atoms. The number of benzene rings is 2. The molecule has 3 aromatic rings. The quantitative estimate of drug-likeness (QED) is 0.661. The van der Waals surface area contributed by atoms with E-state index in [9.17, 15) is 0 Å². The number of anilines is 1. The number of allylic oxidation sites excluding steroid dienone is 1. The summed E-state index contributed by atoms with van der Waals surface area (Å²) >= 11 is 0. The smallest absolute Gasteiger partial charge is 0.137 e. The van der Waals surface area contributed by atoms with Crippen LogP contribution in [0.2, 0.25) is 0 Å². The number of nitrogens with zero attached hydrogens (tertiary/aromatic N) is 2. The Hall–Kier alpha value is -2.94. The molecule has 0 saturated heterocycles. The molecule has 0 radical (unpaired) electrons. The average molecular weight is 343 g/mol. The van der Waals surface area contributed by atoms with Crippen molar-refractivity contribution < 1.29 is 0 Å². The number of aromatic nitrogens is 2. The molecule has 0 aliphatic heterocycles. The minimum Gasteiger partial charge on any atom is -0.363 e. The van der Waals surface area contributed by atoms with Gasteiger partial charge in [0.2, 0.25) is 0 Å². The topological polar surface area (TPSA) is 37.8 Å². The highest BCUT2D eigenvalue weighted by molar-refractivity contribution is 5.90. The second-order valence-electron chi connectivity index (χ2n) is 6.57. The van der Waals surface area contributed by atoms with Crippen molar-refractivity contribution in [2.75, 3.05) is 5.32 Å². The zero-order valence-electron chi connectivity index (χ0n) is 14.5. The first kappa shape index (κ1) is 17.9. The van der Waals surface area contributed by atoms with Gasteiger partial charge in [0.05, 0.1) is 5.69 Å². The molecule has 0 saturated carbocycles. The van der Waals surface area contributed by atoms with Crippen molar-refractivity contribution in [2.45, 2.75) is 33.7 Å². The second-order valence-corrected chi connectivity index (χ2v) is 6.57. The first-order valence-electron chi connectivity index (χ1n) is 8.63. The van der Waals surface area contributed by atoms with E-state index in [1.807, 2.05) is 6.07 Å². The summed E-state index contributed by atoms with van der Waals surface area (Å²) in [7, 11) is 0. The van der Waals surface area contributed by atoms with Gasteiger partial charge in [-0.25, -0.2) is 9.97 Å². The van der Waals surface area contributed by atoms with Crippen LogP contribution in [0.25, 0.3) is 11.6 Å². The summed E-state index contributed by atoms with van der Waals surface area (Å²) in [5.74, 6) is 0.906. The molecule has 0 fully saturated rings. The van der Waals surface area contributed by atoms with Crippen molar-refractivity contribution in [2.24, 2.45) is 0 Å². The molecule has 0 spiro atoms. The number of aryl methyl sites for hydroxylation is 1. The molecule has 1 atom stereocenters. The Labute approximate surface area is 155 Å². The predicted molar refractivity (Wildman–Crippen MR) is 110 cm³/mol. The van der Waals surface area contributed by atoms with E-state index in [0.29, 0.717) is 0 Å². The molecule has 0 unspecified atom stereocenters. The molecule has 1 aliphatic rings. The lowest BCUT2D eigenvalue weighted by Crippen LogP contribution is -2.10.